The minimum absolute atomic E-state index is 0.143. The van der Waals surface area contributed by atoms with Crippen molar-refractivity contribution in [1.29, 1.82) is 0 Å². The molecule has 2 atom stereocenters. The summed E-state index contributed by atoms with van der Waals surface area (Å²) in [6.45, 7) is 17.5. The molecule has 0 saturated carbocycles. The van der Waals surface area contributed by atoms with Gasteiger partial charge in [0.15, 0.2) is 0 Å². The first-order valence-corrected chi connectivity index (χ1v) is 17.6. The molecule has 0 aliphatic rings. The van der Waals surface area contributed by atoms with Crippen LogP contribution in [0.2, 0.25) is 18.1 Å². The van der Waals surface area contributed by atoms with Crippen LogP contribution in [0.3, 0.4) is 0 Å². The highest BCUT2D eigenvalue weighted by atomic mass is 28.4. The lowest BCUT2D eigenvalue weighted by Crippen LogP contribution is -2.69. The van der Waals surface area contributed by atoms with E-state index in [1.807, 2.05) is 13.8 Å². The van der Waals surface area contributed by atoms with Gasteiger partial charge in [-0.3, -0.25) is 0 Å². The highest BCUT2D eigenvalue weighted by Crippen LogP contribution is 2.39. The largest absolute Gasteiger partial charge is 0.401 e. The summed E-state index contributed by atoms with van der Waals surface area (Å²) in [6, 6.07) is 31.9. The number of hydrogen-bond acceptors (Lipinski definition) is 2. The Kier molecular flexibility index (Phi) is 8.12. The SMILES string of the molecule is C/C(=C\[Si](C)(C)c1ccccc1)C(C)(O)[C@H](C)O[Si](c1ccccc1)(c1ccccc1)C(C)(C)C. The van der Waals surface area contributed by atoms with Crippen LogP contribution in [0.5, 0.6) is 0 Å². The molecule has 0 spiro atoms. The summed E-state index contributed by atoms with van der Waals surface area (Å²) in [7, 11) is -4.65. The van der Waals surface area contributed by atoms with Gasteiger partial charge in [0.25, 0.3) is 8.32 Å². The predicted molar refractivity (Wildman–Crippen MR) is 156 cm³/mol. The van der Waals surface area contributed by atoms with Crippen molar-refractivity contribution in [1.82, 2.24) is 0 Å². The minimum atomic E-state index is -2.77. The Hall–Kier alpha value is -2.25. The zero-order valence-corrected chi connectivity index (χ0v) is 24.7. The average molecular weight is 503 g/mol. The highest BCUT2D eigenvalue weighted by molar-refractivity contribution is 6.99. The molecule has 0 saturated heterocycles. The van der Waals surface area contributed by atoms with E-state index < -0.39 is 28.1 Å². The van der Waals surface area contributed by atoms with Crippen LogP contribution in [0.15, 0.2) is 102 Å². The summed E-state index contributed by atoms with van der Waals surface area (Å²) in [4.78, 5) is 0. The third-order valence-corrected chi connectivity index (χ3v) is 15.5. The predicted octanol–water partition coefficient (Wildman–Crippen LogP) is 5.80. The van der Waals surface area contributed by atoms with Crippen LogP contribution in [0, 0.1) is 0 Å². The van der Waals surface area contributed by atoms with E-state index in [9.17, 15) is 5.11 Å². The lowest BCUT2D eigenvalue weighted by molar-refractivity contribution is -0.0148. The number of hydrogen-bond donors (Lipinski definition) is 1. The standard InChI is InChI=1S/C31H42O2Si2/c1-25(24-34(7,8)27-18-12-9-13-19-27)31(6,32)26(2)33-35(30(3,4)5,28-20-14-10-15-21-28)29-22-16-11-17-23-29/h9-24,26,32H,1-8H3/b25-24+/t26-,31?/m0/s1. The van der Waals surface area contributed by atoms with Crippen molar-refractivity contribution in [2.24, 2.45) is 0 Å². The Bertz CT molecular complexity index is 1080. The number of benzene rings is 3. The van der Waals surface area contributed by atoms with Gasteiger partial charge in [0.1, 0.15) is 13.7 Å². The van der Waals surface area contributed by atoms with Crippen LogP contribution >= 0.6 is 0 Å². The third-order valence-electron chi connectivity index (χ3n) is 7.46. The molecule has 0 aliphatic carbocycles. The molecular formula is C31H42O2Si2. The summed E-state index contributed by atoms with van der Waals surface area (Å²) in [5, 5.41) is 15.6. The summed E-state index contributed by atoms with van der Waals surface area (Å²) >= 11 is 0. The van der Waals surface area contributed by atoms with Gasteiger partial charge in [-0.1, -0.05) is 136 Å². The van der Waals surface area contributed by atoms with Gasteiger partial charge in [0, 0.05) is 0 Å². The van der Waals surface area contributed by atoms with Crippen LogP contribution in [0.1, 0.15) is 41.5 Å². The van der Waals surface area contributed by atoms with Crippen molar-refractivity contribution < 1.29 is 9.53 Å². The van der Waals surface area contributed by atoms with Crippen LogP contribution in [-0.4, -0.2) is 33.2 Å². The Morgan fingerprint density at radius 1 is 0.743 bits per heavy atom. The first kappa shape index (κ1) is 27.3. The molecular weight excluding hydrogens is 461 g/mol. The normalized spacial score (nSPS) is 16.0. The van der Waals surface area contributed by atoms with Crippen molar-refractivity contribution in [3.63, 3.8) is 0 Å². The second-order valence-corrected chi connectivity index (χ2v) is 20.0. The fraction of sp³-hybridized carbons (Fsp3) is 0.355. The van der Waals surface area contributed by atoms with E-state index in [2.05, 4.69) is 137 Å². The molecule has 4 heteroatoms. The number of aliphatic hydroxyl groups is 1. The van der Waals surface area contributed by atoms with Gasteiger partial charge in [0.05, 0.1) is 6.10 Å². The maximum absolute atomic E-state index is 11.9. The Balaban J connectivity index is 2.08. The molecule has 35 heavy (non-hydrogen) atoms. The van der Waals surface area contributed by atoms with E-state index >= 15 is 0 Å². The van der Waals surface area contributed by atoms with E-state index in [-0.39, 0.29) is 5.04 Å². The molecule has 1 N–H and O–H groups in total. The van der Waals surface area contributed by atoms with E-state index in [1.165, 1.54) is 15.6 Å². The highest BCUT2D eigenvalue weighted by Gasteiger charge is 2.52. The van der Waals surface area contributed by atoms with Crippen LogP contribution < -0.4 is 15.6 Å². The van der Waals surface area contributed by atoms with Gasteiger partial charge >= 0.3 is 0 Å². The van der Waals surface area contributed by atoms with Crippen LogP contribution in [-0.2, 0) is 4.43 Å². The molecule has 0 heterocycles. The molecule has 3 rings (SSSR count). The van der Waals surface area contributed by atoms with Crippen molar-refractivity contribution >= 4 is 32.0 Å². The molecule has 0 fully saturated rings. The molecule has 1 unspecified atom stereocenters. The van der Waals surface area contributed by atoms with Gasteiger partial charge in [-0.05, 0) is 41.8 Å². The Labute approximate surface area is 214 Å². The topological polar surface area (TPSA) is 29.5 Å². The van der Waals surface area contributed by atoms with Gasteiger partial charge in [0.2, 0.25) is 0 Å². The smallest absolute Gasteiger partial charge is 0.261 e. The first-order valence-electron chi connectivity index (χ1n) is 12.6. The maximum atomic E-state index is 11.9. The summed E-state index contributed by atoms with van der Waals surface area (Å²) in [6.07, 6.45) is -0.398. The van der Waals surface area contributed by atoms with Crippen LogP contribution in [0.4, 0.5) is 0 Å². The average Bonchev–Trinajstić information content (AvgIpc) is 2.83. The van der Waals surface area contributed by atoms with E-state index in [4.69, 9.17) is 4.43 Å². The zero-order chi connectivity index (χ0) is 25.9. The molecule has 0 radical (unpaired) electrons. The quantitative estimate of drug-likeness (QED) is 0.394. The molecule has 3 aromatic rings. The van der Waals surface area contributed by atoms with Crippen molar-refractivity contribution in [2.75, 3.05) is 0 Å². The fourth-order valence-electron chi connectivity index (χ4n) is 5.03. The Morgan fingerprint density at radius 2 is 1.11 bits per heavy atom. The molecule has 0 aromatic heterocycles. The van der Waals surface area contributed by atoms with E-state index in [0.29, 0.717) is 0 Å². The Morgan fingerprint density at radius 3 is 1.49 bits per heavy atom. The van der Waals surface area contributed by atoms with Crippen molar-refractivity contribution in [3.8, 4) is 0 Å². The van der Waals surface area contributed by atoms with Crippen molar-refractivity contribution in [2.45, 2.75) is 71.4 Å². The summed E-state index contributed by atoms with van der Waals surface area (Å²) in [5.41, 5.74) is 2.20. The third kappa shape index (κ3) is 5.62. The lowest BCUT2D eigenvalue weighted by atomic mass is 9.93. The molecule has 3 aromatic carbocycles. The first-order chi connectivity index (χ1) is 16.3. The summed E-state index contributed by atoms with van der Waals surface area (Å²) in [5.74, 6) is 0. The van der Waals surface area contributed by atoms with Gasteiger partial charge < -0.3 is 9.53 Å². The van der Waals surface area contributed by atoms with Crippen LogP contribution in [0.25, 0.3) is 0 Å². The van der Waals surface area contributed by atoms with E-state index in [0.717, 1.165) is 5.57 Å². The number of rotatable bonds is 8. The molecule has 186 valence electrons. The van der Waals surface area contributed by atoms with E-state index in [1.54, 1.807) is 0 Å². The second kappa shape index (κ2) is 10.4. The van der Waals surface area contributed by atoms with Gasteiger partial charge in [-0.2, -0.15) is 0 Å². The maximum Gasteiger partial charge on any atom is 0.261 e. The van der Waals surface area contributed by atoms with Gasteiger partial charge in [-0.25, -0.2) is 0 Å². The minimum Gasteiger partial charge on any atom is -0.401 e. The monoisotopic (exact) mass is 502 g/mol. The molecule has 0 aliphatic heterocycles. The molecule has 0 bridgehead atoms. The zero-order valence-electron chi connectivity index (χ0n) is 22.7. The lowest BCUT2D eigenvalue weighted by Gasteiger charge is -2.47. The second-order valence-electron chi connectivity index (χ2n) is 11.5. The van der Waals surface area contributed by atoms with Crippen molar-refractivity contribution in [3.05, 3.63) is 102 Å². The van der Waals surface area contributed by atoms with Gasteiger partial charge in [-0.15, -0.1) is 0 Å². The fourth-order valence-corrected chi connectivity index (χ4v) is 12.4. The summed E-state index contributed by atoms with van der Waals surface area (Å²) < 4.78 is 7.24. The molecule has 2 nitrogen and oxygen atoms in total. The molecule has 0 amide bonds.